The fourth-order valence-electron chi connectivity index (χ4n) is 6.27. The summed E-state index contributed by atoms with van der Waals surface area (Å²) in [6.45, 7) is 2.08. The van der Waals surface area contributed by atoms with Crippen LogP contribution in [-0.2, 0) is 15.9 Å². The number of anilines is 1. The number of aromatic amines is 1. The van der Waals surface area contributed by atoms with Gasteiger partial charge in [-0.2, -0.15) is 0 Å². The molecule has 1 aliphatic carbocycles. The van der Waals surface area contributed by atoms with Gasteiger partial charge in [0.05, 0.1) is 30.6 Å². The van der Waals surface area contributed by atoms with Crippen LogP contribution in [0.25, 0.3) is 22.2 Å². The van der Waals surface area contributed by atoms with E-state index in [1.807, 2.05) is 0 Å². The Morgan fingerprint density at radius 2 is 2.03 bits per heavy atom. The van der Waals surface area contributed by atoms with E-state index in [0.29, 0.717) is 23.6 Å². The molecule has 3 aromatic heterocycles. The van der Waals surface area contributed by atoms with Crippen molar-refractivity contribution in [1.82, 2.24) is 34.4 Å². The van der Waals surface area contributed by atoms with Gasteiger partial charge in [-0.05, 0) is 50.4 Å². The number of imidazole rings is 2. The summed E-state index contributed by atoms with van der Waals surface area (Å²) < 4.78 is 13.2. The monoisotopic (exact) mass is 534 g/mol. The van der Waals surface area contributed by atoms with E-state index in [2.05, 4.69) is 50.1 Å². The average molecular weight is 535 g/mol. The van der Waals surface area contributed by atoms with Crippen molar-refractivity contribution in [2.24, 2.45) is 0 Å². The van der Waals surface area contributed by atoms with Crippen LogP contribution < -0.4 is 5.73 Å². The highest BCUT2D eigenvalue weighted by Gasteiger charge is 2.48. The number of aryl methyl sites for hydroxylation is 1. The maximum atomic E-state index is 10.9. The minimum absolute atomic E-state index is 0.00288. The third-order valence-electron chi connectivity index (χ3n) is 9.04. The van der Waals surface area contributed by atoms with Gasteiger partial charge in [0.1, 0.15) is 36.0 Å². The van der Waals surface area contributed by atoms with E-state index >= 15 is 0 Å². The van der Waals surface area contributed by atoms with Crippen molar-refractivity contribution in [2.45, 2.75) is 68.1 Å². The molecule has 206 valence electrons. The predicted molar refractivity (Wildman–Crippen MR) is 143 cm³/mol. The van der Waals surface area contributed by atoms with Crippen LogP contribution in [0.1, 0.15) is 49.2 Å². The Morgan fingerprint density at radius 3 is 2.77 bits per heavy atom. The van der Waals surface area contributed by atoms with Gasteiger partial charge in [-0.25, -0.2) is 19.9 Å². The molecule has 1 saturated carbocycles. The standard InChI is InChI=1S/C27H34N8O4/c1-34(10-19-22(36)23(37)26(39-19)35-14-31-21-24(28)29-13-30-25(21)35)27(6-2-7-27)8-5-20-32-17-4-3-15(9-18(17)33-20)16-11-38-12-16/h3-4,9,13-14,16,19,22-23,26,36-37H,2,5-8,10-12H2,1H3,(H,32,33)(H2,28,29,30)/t19-,22-,23-,26-/m1/s1. The van der Waals surface area contributed by atoms with E-state index in [-0.39, 0.29) is 11.4 Å². The number of nitrogen functional groups attached to an aromatic ring is 1. The Balaban J connectivity index is 1.03. The van der Waals surface area contributed by atoms with Crippen LogP contribution in [-0.4, -0.2) is 95.3 Å². The third-order valence-corrected chi connectivity index (χ3v) is 9.04. The topological polar surface area (TPSA) is 160 Å². The van der Waals surface area contributed by atoms with Crippen LogP contribution in [0.5, 0.6) is 0 Å². The van der Waals surface area contributed by atoms with Crippen LogP contribution in [0.15, 0.2) is 30.9 Å². The quantitative estimate of drug-likeness (QED) is 0.261. The number of nitrogens with two attached hydrogens (primary N) is 1. The molecule has 0 radical (unpaired) electrons. The summed E-state index contributed by atoms with van der Waals surface area (Å²) in [5.41, 5.74) is 10.2. The second kappa shape index (κ2) is 9.49. The zero-order valence-electron chi connectivity index (χ0n) is 21.9. The molecule has 0 amide bonds. The molecule has 3 aliphatic rings. The summed E-state index contributed by atoms with van der Waals surface area (Å²) in [6, 6.07) is 6.46. The molecule has 0 bridgehead atoms. The second-order valence-electron chi connectivity index (χ2n) is 11.3. The van der Waals surface area contributed by atoms with Gasteiger partial charge in [-0.15, -0.1) is 0 Å². The van der Waals surface area contributed by atoms with E-state index in [9.17, 15) is 10.2 Å². The lowest BCUT2D eigenvalue weighted by atomic mass is 9.72. The predicted octanol–water partition coefficient (Wildman–Crippen LogP) is 1.51. The molecule has 0 unspecified atom stereocenters. The van der Waals surface area contributed by atoms with E-state index in [1.54, 1.807) is 4.57 Å². The molecular weight excluding hydrogens is 500 g/mol. The minimum atomic E-state index is -1.12. The van der Waals surface area contributed by atoms with Crippen LogP contribution in [0.4, 0.5) is 5.82 Å². The Kier molecular flexibility index (Phi) is 6.05. The van der Waals surface area contributed by atoms with Crippen LogP contribution in [0.2, 0.25) is 0 Å². The lowest BCUT2D eigenvalue weighted by Gasteiger charge is -2.50. The second-order valence-corrected chi connectivity index (χ2v) is 11.3. The lowest BCUT2D eigenvalue weighted by Crippen LogP contribution is -2.55. The summed E-state index contributed by atoms with van der Waals surface area (Å²) in [6.07, 6.45) is 4.42. The smallest absolute Gasteiger partial charge is 0.167 e. The average Bonchev–Trinajstić information content (AvgIpc) is 3.55. The van der Waals surface area contributed by atoms with Crippen molar-refractivity contribution in [1.29, 1.82) is 0 Å². The molecule has 4 aromatic rings. The third kappa shape index (κ3) is 4.18. The molecule has 7 rings (SSSR count). The zero-order chi connectivity index (χ0) is 26.7. The number of aromatic nitrogens is 6. The summed E-state index contributed by atoms with van der Waals surface area (Å²) in [4.78, 5) is 23.2. The number of hydrogen-bond donors (Lipinski definition) is 4. The summed E-state index contributed by atoms with van der Waals surface area (Å²) in [7, 11) is 2.08. The highest BCUT2D eigenvalue weighted by molar-refractivity contribution is 5.81. The van der Waals surface area contributed by atoms with Crippen LogP contribution in [0.3, 0.4) is 0 Å². The van der Waals surface area contributed by atoms with Crippen LogP contribution in [0, 0.1) is 0 Å². The maximum absolute atomic E-state index is 10.9. The Hall–Kier alpha value is -3.16. The van der Waals surface area contributed by atoms with Crippen LogP contribution >= 0.6 is 0 Å². The van der Waals surface area contributed by atoms with E-state index < -0.39 is 24.5 Å². The van der Waals surface area contributed by atoms with Gasteiger partial charge in [0.25, 0.3) is 0 Å². The largest absolute Gasteiger partial charge is 0.387 e. The zero-order valence-corrected chi connectivity index (χ0v) is 21.9. The number of aliphatic hydroxyl groups excluding tert-OH is 2. The first-order chi connectivity index (χ1) is 18.9. The highest BCUT2D eigenvalue weighted by Crippen LogP contribution is 2.42. The maximum Gasteiger partial charge on any atom is 0.167 e. The van der Waals surface area contributed by atoms with Crippen molar-refractivity contribution >= 4 is 28.0 Å². The molecule has 0 spiro atoms. The van der Waals surface area contributed by atoms with Gasteiger partial charge in [0.2, 0.25) is 0 Å². The highest BCUT2D eigenvalue weighted by atomic mass is 16.6. The first-order valence-corrected chi connectivity index (χ1v) is 13.6. The van der Waals surface area contributed by atoms with Crippen molar-refractivity contribution in [2.75, 3.05) is 32.5 Å². The van der Waals surface area contributed by atoms with Gasteiger partial charge in [-0.3, -0.25) is 9.47 Å². The number of H-pyrrole nitrogens is 1. The molecular formula is C27H34N8O4. The van der Waals surface area contributed by atoms with Gasteiger partial charge in [0.15, 0.2) is 17.7 Å². The van der Waals surface area contributed by atoms with E-state index in [0.717, 1.165) is 55.8 Å². The molecule has 12 heteroatoms. The summed E-state index contributed by atoms with van der Waals surface area (Å²) in [5, 5.41) is 21.8. The number of hydrogen-bond acceptors (Lipinski definition) is 10. The minimum Gasteiger partial charge on any atom is -0.387 e. The number of nitrogens with one attached hydrogen (secondary N) is 1. The number of fused-ring (bicyclic) bond motifs is 2. The molecule has 39 heavy (non-hydrogen) atoms. The molecule has 5 N–H and O–H groups in total. The van der Waals surface area contributed by atoms with Crippen molar-refractivity contribution < 1.29 is 19.7 Å². The fourth-order valence-corrected chi connectivity index (χ4v) is 6.27. The van der Waals surface area contributed by atoms with Gasteiger partial charge in [0, 0.05) is 24.4 Å². The molecule has 5 heterocycles. The Morgan fingerprint density at radius 1 is 1.18 bits per heavy atom. The molecule has 2 saturated heterocycles. The molecule has 1 aromatic carbocycles. The van der Waals surface area contributed by atoms with Crippen molar-refractivity contribution in [3.05, 3.63) is 42.2 Å². The van der Waals surface area contributed by atoms with Crippen molar-refractivity contribution in [3.8, 4) is 0 Å². The van der Waals surface area contributed by atoms with Gasteiger partial charge >= 0.3 is 0 Å². The number of nitrogens with zero attached hydrogens (tertiary/aromatic N) is 6. The number of ether oxygens (including phenoxy) is 2. The first-order valence-electron chi connectivity index (χ1n) is 13.6. The fraction of sp³-hybridized carbons (Fsp3) is 0.556. The molecule has 12 nitrogen and oxygen atoms in total. The number of aliphatic hydroxyl groups is 2. The SMILES string of the molecule is CN(C[C@H]1O[C@@H](n2cnc3c(N)ncnc32)[C@H](O)[C@@H]1O)C1(CCc2nc3ccc(C4COC4)cc3[nH]2)CCC1. The van der Waals surface area contributed by atoms with E-state index in [4.69, 9.17) is 20.2 Å². The van der Waals surface area contributed by atoms with Crippen molar-refractivity contribution in [3.63, 3.8) is 0 Å². The lowest BCUT2D eigenvalue weighted by molar-refractivity contribution is -0.0655. The Labute approximate surface area is 225 Å². The summed E-state index contributed by atoms with van der Waals surface area (Å²) >= 11 is 0. The Bertz CT molecular complexity index is 1500. The van der Waals surface area contributed by atoms with Gasteiger partial charge < -0.3 is 30.4 Å². The normalized spacial score (nSPS) is 26.9. The van der Waals surface area contributed by atoms with Gasteiger partial charge in [-0.1, -0.05) is 6.07 Å². The summed E-state index contributed by atoms with van der Waals surface area (Å²) in [5.74, 6) is 1.73. The number of rotatable bonds is 8. The molecule has 4 atom stereocenters. The molecule has 3 fully saturated rings. The first kappa shape index (κ1) is 24.9. The van der Waals surface area contributed by atoms with E-state index in [1.165, 1.54) is 24.6 Å². The molecule has 2 aliphatic heterocycles. The number of likely N-dealkylation sites (N-methyl/N-ethyl adjacent to an activating group) is 1. The number of benzene rings is 1.